The molecule has 0 aliphatic carbocycles. The Bertz CT molecular complexity index is 2330. The van der Waals surface area contributed by atoms with Crippen LogP contribution in [0.2, 0.25) is 0 Å². The number of carbonyl (C=O) groups is 6. The lowest BCUT2D eigenvalue weighted by Crippen LogP contribution is -2.14. The van der Waals surface area contributed by atoms with E-state index < -0.39 is 35.8 Å². The third kappa shape index (κ3) is 11.6. The van der Waals surface area contributed by atoms with Gasteiger partial charge in [-0.25, -0.2) is 28.8 Å². The van der Waals surface area contributed by atoms with Gasteiger partial charge in [-0.2, -0.15) is 0 Å². The molecule has 0 bridgehead atoms. The quantitative estimate of drug-likeness (QED) is 0.0627. The number of benzene rings is 3. The summed E-state index contributed by atoms with van der Waals surface area (Å²) in [7, 11) is 0. The van der Waals surface area contributed by atoms with Crippen molar-refractivity contribution in [3.8, 4) is 45.6 Å². The van der Waals surface area contributed by atoms with E-state index in [1.54, 1.807) is 19.1 Å². The zero-order chi connectivity index (χ0) is 42.9. The lowest BCUT2D eigenvalue weighted by molar-refractivity contribution is -0.132. The number of ether oxygens (including phenoxy) is 6. The highest BCUT2D eigenvalue weighted by Crippen LogP contribution is 2.45. The third-order valence-electron chi connectivity index (χ3n) is 7.47. The highest BCUT2D eigenvalue weighted by Gasteiger charge is 2.25. The Labute approximate surface area is 330 Å². The Morgan fingerprint density at radius 1 is 0.439 bits per heavy atom. The van der Waals surface area contributed by atoms with Crippen molar-refractivity contribution in [1.29, 1.82) is 0 Å². The Morgan fingerprint density at radius 2 is 0.807 bits per heavy atom. The minimum atomic E-state index is -0.818. The third-order valence-corrected chi connectivity index (χ3v) is 7.47. The summed E-state index contributed by atoms with van der Waals surface area (Å²) in [4.78, 5) is 76.0. The number of hydrogen-bond acceptors (Lipinski definition) is 12. The zero-order valence-electron chi connectivity index (χ0n) is 32.8. The molecule has 0 saturated carbocycles. The lowest BCUT2D eigenvalue weighted by Gasteiger charge is -2.20. The van der Waals surface area contributed by atoms with Gasteiger partial charge in [-0.15, -0.1) is 0 Å². The van der Waals surface area contributed by atoms with Crippen LogP contribution in [0.25, 0.3) is 23.3 Å². The van der Waals surface area contributed by atoms with Crippen LogP contribution >= 0.6 is 0 Å². The van der Waals surface area contributed by atoms with Crippen molar-refractivity contribution < 1.29 is 57.2 Å². The first-order chi connectivity index (χ1) is 26.6. The molecule has 0 amide bonds. The first-order valence-corrected chi connectivity index (χ1v) is 17.0. The monoisotopic (exact) mass is 774 g/mol. The van der Waals surface area contributed by atoms with Crippen molar-refractivity contribution in [2.45, 2.75) is 48.5 Å². The first-order valence-electron chi connectivity index (χ1n) is 17.0. The second-order valence-corrected chi connectivity index (χ2v) is 13.0. The second kappa shape index (κ2) is 18.8. The number of rotatable bonds is 15. The molecule has 0 aromatic heterocycles. The summed E-state index contributed by atoms with van der Waals surface area (Å²) in [5.74, 6) is -5.16. The molecule has 0 fully saturated rings. The second-order valence-electron chi connectivity index (χ2n) is 13.0. The van der Waals surface area contributed by atoms with Gasteiger partial charge in [0.1, 0.15) is 11.5 Å². The van der Waals surface area contributed by atoms with E-state index in [1.165, 1.54) is 84.0 Å². The molecule has 12 nitrogen and oxygen atoms in total. The average Bonchev–Trinajstić information content (AvgIpc) is 3.13. The maximum atomic E-state index is 13.0. The van der Waals surface area contributed by atoms with Crippen LogP contribution in [0.3, 0.4) is 0 Å². The van der Waals surface area contributed by atoms with E-state index in [1.807, 2.05) is 0 Å². The molecule has 12 heteroatoms. The van der Waals surface area contributed by atoms with E-state index >= 15 is 0 Å². The lowest BCUT2D eigenvalue weighted by atomic mass is 9.94. The zero-order valence-corrected chi connectivity index (χ0v) is 32.8. The van der Waals surface area contributed by atoms with Gasteiger partial charge in [0, 0.05) is 50.1 Å². The molecule has 0 atom stereocenters. The molecule has 0 spiro atoms. The van der Waals surface area contributed by atoms with Crippen LogP contribution in [0.5, 0.6) is 34.5 Å². The van der Waals surface area contributed by atoms with E-state index in [0.717, 1.165) is 0 Å². The standard InChI is InChI=1S/C45H42O12/c1-23(2)40(46)52-33-18-15-30(20-35(33)54-42(48)25(5)6)14-16-32-22-37(56-44(50)27(9)10)38(29(13)39(32)57-45(51)28(11)12)31-17-19-34(53-41(47)24(3)4)36(21-31)55-43(49)26(7)8/h14-22H,1,3,5,7,9,11H2,2,4,6,8,10,12-13H3/b16-14+. The van der Waals surface area contributed by atoms with Gasteiger partial charge in [0.25, 0.3) is 0 Å². The molecule has 0 saturated heterocycles. The Kier molecular flexibility index (Phi) is 14.5. The van der Waals surface area contributed by atoms with Gasteiger partial charge >= 0.3 is 35.8 Å². The van der Waals surface area contributed by atoms with Gasteiger partial charge in [-0.05, 0) is 89.9 Å². The minimum Gasteiger partial charge on any atom is -0.422 e. The number of hydrogen-bond donors (Lipinski definition) is 0. The topological polar surface area (TPSA) is 158 Å². The van der Waals surface area contributed by atoms with Crippen LogP contribution < -0.4 is 28.4 Å². The summed E-state index contributed by atoms with van der Waals surface area (Å²) in [6.45, 7) is 32.0. The fourth-order valence-corrected chi connectivity index (χ4v) is 4.41. The number of carbonyl (C=O) groups excluding carboxylic acids is 6. The Balaban J connectivity index is 2.36. The molecule has 3 aromatic rings. The van der Waals surface area contributed by atoms with Crippen LogP contribution in [-0.4, -0.2) is 35.8 Å². The van der Waals surface area contributed by atoms with Crippen LogP contribution in [0.15, 0.2) is 115 Å². The van der Waals surface area contributed by atoms with Crippen LogP contribution in [0.1, 0.15) is 58.2 Å². The highest BCUT2D eigenvalue weighted by molar-refractivity contribution is 5.96. The van der Waals surface area contributed by atoms with E-state index in [9.17, 15) is 28.8 Å². The van der Waals surface area contributed by atoms with Crippen molar-refractivity contribution in [3.05, 3.63) is 132 Å². The SMILES string of the molecule is C=C(C)C(=O)Oc1ccc(/C=C/c2cc(OC(=O)C(=C)C)c(-c3ccc(OC(=O)C(=C)C)c(OC(=O)C(=C)C)c3)c(C)c2OC(=O)C(=C)C)cc1OC(=O)C(=C)C. The molecule has 294 valence electrons. The predicted molar refractivity (Wildman–Crippen MR) is 215 cm³/mol. The first kappa shape index (κ1) is 44.1. The maximum absolute atomic E-state index is 13.0. The fraction of sp³-hybridized carbons (Fsp3) is 0.156. The molecular weight excluding hydrogens is 732 g/mol. The van der Waals surface area contributed by atoms with Crippen molar-refractivity contribution in [2.24, 2.45) is 0 Å². The summed E-state index contributed by atoms with van der Waals surface area (Å²) in [6, 6.07) is 10.1. The van der Waals surface area contributed by atoms with E-state index in [0.29, 0.717) is 5.56 Å². The Hall–Kier alpha value is -7.34. The summed E-state index contributed by atoms with van der Waals surface area (Å²) in [6.07, 6.45) is 3.11. The summed E-state index contributed by atoms with van der Waals surface area (Å²) < 4.78 is 33.4. The summed E-state index contributed by atoms with van der Waals surface area (Å²) in [5.41, 5.74) is 1.91. The molecule has 0 aliphatic heterocycles. The average molecular weight is 775 g/mol. The van der Waals surface area contributed by atoms with Crippen LogP contribution in [-0.2, 0) is 28.8 Å². The van der Waals surface area contributed by atoms with Crippen molar-refractivity contribution >= 4 is 48.0 Å². The van der Waals surface area contributed by atoms with Gasteiger partial charge in [0.15, 0.2) is 23.0 Å². The molecule has 0 radical (unpaired) electrons. The predicted octanol–water partition coefficient (Wildman–Crippen LogP) is 8.72. The van der Waals surface area contributed by atoms with E-state index in [2.05, 4.69) is 39.5 Å². The maximum Gasteiger partial charge on any atom is 0.338 e. The summed E-state index contributed by atoms with van der Waals surface area (Å²) >= 11 is 0. The molecule has 3 rings (SSSR count). The molecule has 0 unspecified atom stereocenters. The van der Waals surface area contributed by atoms with Gasteiger partial charge in [-0.1, -0.05) is 63.8 Å². The van der Waals surface area contributed by atoms with Gasteiger partial charge in [0.05, 0.1) is 0 Å². The van der Waals surface area contributed by atoms with Crippen LogP contribution in [0.4, 0.5) is 0 Å². The van der Waals surface area contributed by atoms with Gasteiger partial charge < -0.3 is 28.4 Å². The normalized spacial score (nSPS) is 10.4. The van der Waals surface area contributed by atoms with Gasteiger partial charge in [0.2, 0.25) is 0 Å². The molecule has 3 aromatic carbocycles. The van der Waals surface area contributed by atoms with Crippen LogP contribution in [0, 0.1) is 6.92 Å². The van der Waals surface area contributed by atoms with Crippen molar-refractivity contribution in [3.63, 3.8) is 0 Å². The molecule has 0 heterocycles. The van der Waals surface area contributed by atoms with Gasteiger partial charge in [-0.3, -0.25) is 0 Å². The number of esters is 6. The molecular formula is C45H42O12. The minimum absolute atomic E-state index is 0.0172. The fourth-order valence-electron chi connectivity index (χ4n) is 4.41. The molecule has 0 aliphatic rings. The smallest absolute Gasteiger partial charge is 0.338 e. The van der Waals surface area contributed by atoms with Crippen molar-refractivity contribution in [2.75, 3.05) is 0 Å². The van der Waals surface area contributed by atoms with E-state index in [-0.39, 0.29) is 90.2 Å². The molecule has 57 heavy (non-hydrogen) atoms. The highest BCUT2D eigenvalue weighted by atomic mass is 16.6. The Morgan fingerprint density at radius 3 is 1.25 bits per heavy atom. The largest absolute Gasteiger partial charge is 0.422 e. The van der Waals surface area contributed by atoms with Crippen molar-refractivity contribution in [1.82, 2.24) is 0 Å². The van der Waals surface area contributed by atoms with E-state index in [4.69, 9.17) is 28.4 Å². The molecule has 0 N–H and O–H groups in total. The summed E-state index contributed by atoms with van der Waals surface area (Å²) in [5, 5.41) is 0.